The van der Waals surface area contributed by atoms with E-state index in [9.17, 15) is 22.8 Å². The molecule has 1 aliphatic carbocycles. The Morgan fingerprint density at radius 1 is 1.16 bits per heavy atom. The van der Waals surface area contributed by atoms with Gasteiger partial charge in [-0.1, -0.05) is 25.3 Å². The molecule has 1 saturated carbocycles. The van der Waals surface area contributed by atoms with Gasteiger partial charge < -0.3 is 4.90 Å². The zero-order chi connectivity index (χ0) is 22.3. The van der Waals surface area contributed by atoms with E-state index >= 15 is 0 Å². The van der Waals surface area contributed by atoms with Crippen molar-refractivity contribution in [3.8, 4) is 6.07 Å². The summed E-state index contributed by atoms with van der Waals surface area (Å²) in [5, 5.41) is 9.19. The summed E-state index contributed by atoms with van der Waals surface area (Å²) < 4.78 is 53.2. The maximum Gasteiger partial charge on any atom is 0.402 e. The van der Waals surface area contributed by atoms with E-state index in [1.54, 1.807) is 18.2 Å². The summed E-state index contributed by atoms with van der Waals surface area (Å²) in [5.41, 5.74) is 2.22. The predicted molar refractivity (Wildman–Crippen MR) is 113 cm³/mol. The topological polar surface area (TPSA) is 52.0 Å². The first-order valence-corrected chi connectivity index (χ1v) is 11.0. The van der Waals surface area contributed by atoms with E-state index < -0.39 is 12.7 Å². The SMILES string of the molecule is N#CCc1ccc(F)cc1N(Cc1ccc(SNCC(F)(F)F)cn1)C1CCCCC1. The van der Waals surface area contributed by atoms with Gasteiger partial charge in [0.25, 0.3) is 0 Å². The monoisotopic (exact) mass is 452 g/mol. The largest absolute Gasteiger partial charge is 0.402 e. The van der Waals surface area contributed by atoms with Crippen molar-refractivity contribution < 1.29 is 17.6 Å². The molecule has 166 valence electrons. The highest BCUT2D eigenvalue weighted by molar-refractivity contribution is 7.97. The second-order valence-electron chi connectivity index (χ2n) is 7.55. The summed E-state index contributed by atoms with van der Waals surface area (Å²) in [7, 11) is 0. The average Bonchev–Trinajstić information content (AvgIpc) is 2.74. The zero-order valence-electron chi connectivity index (χ0n) is 17.0. The van der Waals surface area contributed by atoms with E-state index in [1.807, 2.05) is 0 Å². The Labute approximate surface area is 183 Å². The fraction of sp³-hybridized carbons (Fsp3) is 0.455. The second-order valence-corrected chi connectivity index (χ2v) is 8.52. The van der Waals surface area contributed by atoms with Crippen LogP contribution in [0, 0.1) is 17.1 Å². The molecule has 3 rings (SSSR count). The lowest BCUT2D eigenvalue weighted by Crippen LogP contribution is -2.37. The number of rotatable bonds is 8. The fourth-order valence-electron chi connectivity index (χ4n) is 3.78. The number of anilines is 1. The molecule has 1 N–H and O–H groups in total. The Hall–Kier alpha value is -2.31. The van der Waals surface area contributed by atoms with Crippen LogP contribution in [0.1, 0.15) is 43.4 Å². The number of halogens is 4. The van der Waals surface area contributed by atoms with E-state index in [0.717, 1.165) is 48.9 Å². The van der Waals surface area contributed by atoms with Crippen LogP contribution in [-0.4, -0.2) is 23.7 Å². The van der Waals surface area contributed by atoms with Gasteiger partial charge in [0.15, 0.2) is 0 Å². The summed E-state index contributed by atoms with van der Waals surface area (Å²) in [6.07, 6.45) is 2.78. The summed E-state index contributed by atoms with van der Waals surface area (Å²) in [6.45, 7) is -0.649. The Morgan fingerprint density at radius 2 is 1.94 bits per heavy atom. The zero-order valence-corrected chi connectivity index (χ0v) is 17.8. The van der Waals surface area contributed by atoms with Crippen molar-refractivity contribution in [2.24, 2.45) is 0 Å². The number of hydrogen-bond acceptors (Lipinski definition) is 5. The Bertz CT molecular complexity index is 890. The highest BCUT2D eigenvalue weighted by Crippen LogP contribution is 2.32. The minimum absolute atomic E-state index is 0.187. The molecule has 1 fully saturated rings. The third-order valence-corrected chi connectivity index (χ3v) is 6.00. The van der Waals surface area contributed by atoms with Crippen LogP contribution in [0.2, 0.25) is 0 Å². The van der Waals surface area contributed by atoms with Gasteiger partial charge in [-0.2, -0.15) is 18.4 Å². The van der Waals surface area contributed by atoms with Gasteiger partial charge in [-0.3, -0.25) is 9.71 Å². The number of nitrogens with zero attached hydrogens (tertiary/aromatic N) is 3. The number of benzene rings is 1. The smallest absolute Gasteiger partial charge is 0.362 e. The molecule has 1 aromatic heterocycles. The molecule has 0 radical (unpaired) electrons. The second kappa shape index (κ2) is 10.8. The first-order valence-electron chi connectivity index (χ1n) is 10.2. The maximum atomic E-state index is 14.1. The molecule has 4 nitrogen and oxygen atoms in total. The molecule has 1 aromatic carbocycles. The van der Waals surface area contributed by atoms with Gasteiger partial charge in [-0.15, -0.1) is 0 Å². The van der Waals surface area contributed by atoms with Gasteiger partial charge in [-0.05, 0) is 54.6 Å². The Balaban J connectivity index is 1.78. The van der Waals surface area contributed by atoms with Crippen molar-refractivity contribution in [2.45, 2.75) is 62.2 Å². The molecule has 0 atom stereocenters. The number of nitrogens with one attached hydrogen (secondary N) is 1. The summed E-state index contributed by atoms with van der Waals surface area (Å²) in [4.78, 5) is 7.12. The van der Waals surface area contributed by atoms with Gasteiger partial charge in [0.2, 0.25) is 0 Å². The molecular formula is C22H24F4N4S. The number of aromatic nitrogens is 1. The van der Waals surface area contributed by atoms with Crippen LogP contribution < -0.4 is 9.62 Å². The normalized spacial score (nSPS) is 14.9. The van der Waals surface area contributed by atoms with E-state index in [0.29, 0.717) is 17.1 Å². The van der Waals surface area contributed by atoms with Crippen molar-refractivity contribution in [1.29, 1.82) is 5.26 Å². The van der Waals surface area contributed by atoms with E-state index in [-0.39, 0.29) is 18.3 Å². The molecule has 0 unspecified atom stereocenters. The van der Waals surface area contributed by atoms with E-state index in [2.05, 4.69) is 20.7 Å². The lowest BCUT2D eigenvalue weighted by atomic mass is 9.93. The highest BCUT2D eigenvalue weighted by atomic mass is 32.2. The van der Waals surface area contributed by atoms with Crippen molar-refractivity contribution in [2.75, 3.05) is 11.4 Å². The standard InChI is InChI=1S/C22H24F4N4S/c23-17-7-6-16(10-11-27)21(12-17)30(19-4-2-1-3-5-19)14-18-8-9-20(13-28-18)31-29-15-22(24,25)26/h6-9,12-13,19,29H,1-5,10,14-15H2. The van der Waals surface area contributed by atoms with Crippen LogP contribution in [-0.2, 0) is 13.0 Å². The number of alkyl halides is 3. The maximum absolute atomic E-state index is 14.1. The number of pyridine rings is 1. The molecule has 0 spiro atoms. The summed E-state index contributed by atoms with van der Waals surface area (Å²) in [5.74, 6) is -0.354. The molecule has 1 heterocycles. The summed E-state index contributed by atoms with van der Waals surface area (Å²) >= 11 is 0.879. The molecule has 9 heteroatoms. The minimum Gasteiger partial charge on any atom is -0.362 e. The number of hydrogen-bond donors (Lipinski definition) is 1. The molecular weight excluding hydrogens is 428 g/mol. The molecule has 31 heavy (non-hydrogen) atoms. The van der Waals surface area contributed by atoms with Gasteiger partial charge >= 0.3 is 6.18 Å². The van der Waals surface area contributed by atoms with Crippen LogP contribution in [0.5, 0.6) is 0 Å². The van der Waals surface area contributed by atoms with Crippen LogP contribution in [0.4, 0.5) is 23.2 Å². The van der Waals surface area contributed by atoms with Crippen molar-refractivity contribution in [3.05, 3.63) is 53.6 Å². The van der Waals surface area contributed by atoms with Crippen molar-refractivity contribution in [1.82, 2.24) is 9.71 Å². The van der Waals surface area contributed by atoms with Gasteiger partial charge in [0.05, 0.1) is 24.7 Å². The number of nitriles is 1. The average molecular weight is 453 g/mol. The van der Waals surface area contributed by atoms with Crippen molar-refractivity contribution in [3.63, 3.8) is 0 Å². The third-order valence-electron chi connectivity index (χ3n) is 5.23. The molecule has 2 aromatic rings. The van der Waals surface area contributed by atoms with Crippen LogP contribution in [0.3, 0.4) is 0 Å². The molecule has 1 aliphatic rings. The van der Waals surface area contributed by atoms with Gasteiger partial charge in [-0.25, -0.2) is 4.39 Å². The third kappa shape index (κ3) is 7.11. The lowest BCUT2D eigenvalue weighted by molar-refractivity contribution is -0.120. The van der Waals surface area contributed by atoms with Crippen LogP contribution in [0.25, 0.3) is 0 Å². The molecule has 0 bridgehead atoms. The first-order chi connectivity index (χ1) is 14.9. The molecule has 0 amide bonds. The quantitative estimate of drug-likeness (QED) is 0.406. The van der Waals surface area contributed by atoms with E-state index in [1.165, 1.54) is 24.8 Å². The molecule has 0 saturated heterocycles. The fourth-order valence-corrected chi connectivity index (χ4v) is 4.43. The minimum atomic E-state index is -4.27. The van der Waals surface area contributed by atoms with Gasteiger partial charge in [0, 0.05) is 22.8 Å². The van der Waals surface area contributed by atoms with Crippen LogP contribution in [0.15, 0.2) is 41.4 Å². The Morgan fingerprint density at radius 3 is 2.58 bits per heavy atom. The Kier molecular flexibility index (Phi) is 8.15. The van der Waals surface area contributed by atoms with E-state index in [4.69, 9.17) is 0 Å². The summed E-state index contributed by atoms with van der Waals surface area (Å²) in [6, 6.07) is 10.4. The first kappa shape index (κ1) is 23.4. The predicted octanol–water partition coefficient (Wildman–Crippen LogP) is 5.79. The highest BCUT2D eigenvalue weighted by Gasteiger charge is 2.27. The lowest BCUT2D eigenvalue weighted by Gasteiger charge is -2.37. The van der Waals surface area contributed by atoms with Crippen molar-refractivity contribution >= 4 is 17.6 Å². The molecule has 0 aliphatic heterocycles. The van der Waals surface area contributed by atoms with Crippen LogP contribution >= 0.6 is 11.9 Å². The van der Waals surface area contributed by atoms with Gasteiger partial charge in [0.1, 0.15) is 12.4 Å².